The van der Waals surface area contributed by atoms with Gasteiger partial charge >= 0.3 is 0 Å². The van der Waals surface area contributed by atoms with E-state index in [0.717, 1.165) is 40.8 Å². The minimum absolute atomic E-state index is 0.238. The Morgan fingerprint density at radius 1 is 1.30 bits per heavy atom. The van der Waals surface area contributed by atoms with Crippen LogP contribution in [0, 0.1) is 6.92 Å². The molecule has 0 radical (unpaired) electrons. The molecular weight excluding hydrogens is 270 g/mol. The second kappa shape index (κ2) is 5.73. The SMILES string of the molecule is Cc1nc(CNC[C@@H](C)c2nc3ccccc3o2)cs1. The Bertz CT molecular complexity index is 671. The minimum atomic E-state index is 0.238. The van der Waals surface area contributed by atoms with Gasteiger partial charge in [-0.3, -0.25) is 0 Å². The molecule has 0 spiro atoms. The van der Waals surface area contributed by atoms with Crippen LogP contribution in [-0.4, -0.2) is 16.5 Å². The molecule has 2 aromatic heterocycles. The molecule has 0 aliphatic carbocycles. The predicted octanol–water partition coefficient (Wildman–Crippen LogP) is 3.49. The maximum atomic E-state index is 5.77. The molecule has 0 bridgehead atoms. The molecular formula is C15H17N3OS. The monoisotopic (exact) mass is 287 g/mol. The molecule has 104 valence electrons. The Hall–Kier alpha value is -1.72. The third kappa shape index (κ3) is 2.89. The maximum absolute atomic E-state index is 5.77. The molecule has 0 saturated heterocycles. The summed E-state index contributed by atoms with van der Waals surface area (Å²) in [5.74, 6) is 1.02. The van der Waals surface area contributed by atoms with Crippen LogP contribution in [0.3, 0.4) is 0 Å². The molecule has 0 aliphatic rings. The lowest BCUT2D eigenvalue weighted by Crippen LogP contribution is -2.20. The van der Waals surface area contributed by atoms with E-state index in [2.05, 4.69) is 27.6 Å². The normalized spacial score (nSPS) is 12.9. The van der Waals surface area contributed by atoms with Crippen LogP contribution in [0.4, 0.5) is 0 Å². The summed E-state index contributed by atoms with van der Waals surface area (Å²) in [6.45, 7) is 5.75. The van der Waals surface area contributed by atoms with Crippen molar-refractivity contribution < 1.29 is 4.42 Å². The lowest BCUT2D eigenvalue weighted by Gasteiger charge is -2.07. The summed E-state index contributed by atoms with van der Waals surface area (Å²) >= 11 is 1.68. The van der Waals surface area contributed by atoms with Gasteiger partial charge in [-0.1, -0.05) is 19.1 Å². The number of para-hydroxylation sites is 2. The van der Waals surface area contributed by atoms with Gasteiger partial charge in [-0.2, -0.15) is 0 Å². The Kier molecular flexibility index (Phi) is 3.80. The fourth-order valence-corrected chi connectivity index (χ4v) is 2.71. The van der Waals surface area contributed by atoms with Gasteiger partial charge in [-0.15, -0.1) is 11.3 Å². The van der Waals surface area contributed by atoms with Crippen molar-refractivity contribution in [3.8, 4) is 0 Å². The van der Waals surface area contributed by atoms with Crippen molar-refractivity contribution in [2.75, 3.05) is 6.54 Å². The van der Waals surface area contributed by atoms with Crippen molar-refractivity contribution in [2.45, 2.75) is 26.3 Å². The van der Waals surface area contributed by atoms with Gasteiger partial charge in [0.2, 0.25) is 0 Å². The third-order valence-corrected chi connectivity index (χ3v) is 3.98. The number of benzene rings is 1. The van der Waals surface area contributed by atoms with Gasteiger partial charge in [0, 0.05) is 24.4 Å². The molecule has 1 atom stereocenters. The van der Waals surface area contributed by atoms with Crippen LogP contribution in [-0.2, 0) is 6.54 Å². The number of nitrogens with one attached hydrogen (secondary N) is 1. The minimum Gasteiger partial charge on any atom is -0.440 e. The number of aromatic nitrogens is 2. The fourth-order valence-electron chi connectivity index (χ4n) is 2.09. The van der Waals surface area contributed by atoms with Crippen LogP contribution in [0.25, 0.3) is 11.1 Å². The van der Waals surface area contributed by atoms with Gasteiger partial charge in [-0.25, -0.2) is 9.97 Å². The molecule has 2 heterocycles. The van der Waals surface area contributed by atoms with Crippen molar-refractivity contribution in [1.29, 1.82) is 0 Å². The van der Waals surface area contributed by atoms with Crippen LogP contribution < -0.4 is 5.32 Å². The van der Waals surface area contributed by atoms with Crippen molar-refractivity contribution in [2.24, 2.45) is 0 Å². The molecule has 20 heavy (non-hydrogen) atoms. The van der Waals surface area contributed by atoms with E-state index >= 15 is 0 Å². The standard InChI is InChI=1S/C15H17N3OS/c1-10(7-16-8-12-9-20-11(2)17-12)15-18-13-5-3-4-6-14(13)19-15/h3-6,9-10,16H,7-8H2,1-2H3/t10-/m1/s1. The highest BCUT2D eigenvalue weighted by Crippen LogP contribution is 2.20. The topological polar surface area (TPSA) is 51.0 Å². The highest BCUT2D eigenvalue weighted by atomic mass is 32.1. The quantitative estimate of drug-likeness (QED) is 0.780. The third-order valence-electron chi connectivity index (χ3n) is 3.16. The van der Waals surface area contributed by atoms with E-state index in [1.807, 2.05) is 31.2 Å². The highest BCUT2D eigenvalue weighted by molar-refractivity contribution is 7.09. The van der Waals surface area contributed by atoms with Crippen LogP contribution in [0.15, 0.2) is 34.1 Å². The van der Waals surface area contributed by atoms with E-state index in [-0.39, 0.29) is 5.92 Å². The lowest BCUT2D eigenvalue weighted by atomic mass is 10.2. The number of hydrogen-bond acceptors (Lipinski definition) is 5. The number of thiazole rings is 1. The zero-order chi connectivity index (χ0) is 13.9. The van der Waals surface area contributed by atoms with Crippen LogP contribution in [0.2, 0.25) is 0 Å². The van der Waals surface area contributed by atoms with Gasteiger partial charge in [0.15, 0.2) is 11.5 Å². The predicted molar refractivity (Wildman–Crippen MR) is 81.0 cm³/mol. The lowest BCUT2D eigenvalue weighted by molar-refractivity contribution is 0.465. The fraction of sp³-hybridized carbons (Fsp3) is 0.333. The van der Waals surface area contributed by atoms with Crippen molar-refractivity contribution in [3.63, 3.8) is 0 Å². The number of oxazole rings is 1. The summed E-state index contributed by atoms with van der Waals surface area (Å²) in [7, 11) is 0. The second-order valence-corrected chi connectivity index (χ2v) is 5.97. The Morgan fingerprint density at radius 2 is 2.15 bits per heavy atom. The highest BCUT2D eigenvalue weighted by Gasteiger charge is 2.13. The first-order valence-corrected chi connectivity index (χ1v) is 7.57. The first kappa shape index (κ1) is 13.3. The number of aryl methyl sites for hydroxylation is 1. The average Bonchev–Trinajstić information content (AvgIpc) is 3.04. The van der Waals surface area contributed by atoms with Gasteiger partial charge in [0.05, 0.1) is 10.7 Å². The van der Waals surface area contributed by atoms with Crippen LogP contribution in [0.5, 0.6) is 0 Å². The van der Waals surface area contributed by atoms with Crippen LogP contribution >= 0.6 is 11.3 Å². The molecule has 4 nitrogen and oxygen atoms in total. The molecule has 5 heteroatoms. The van der Waals surface area contributed by atoms with Crippen molar-refractivity contribution in [3.05, 3.63) is 46.2 Å². The summed E-state index contributed by atoms with van der Waals surface area (Å²) in [5.41, 5.74) is 2.87. The molecule has 3 rings (SSSR count). The second-order valence-electron chi connectivity index (χ2n) is 4.91. The van der Waals surface area contributed by atoms with Crippen molar-refractivity contribution >= 4 is 22.4 Å². The van der Waals surface area contributed by atoms with E-state index in [0.29, 0.717) is 0 Å². The van der Waals surface area contributed by atoms with E-state index in [4.69, 9.17) is 4.42 Å². The van der Waals surface area contributed by atoms with E-state index in [9.17, 15) is 0 Å². The first-order valence-electron chi connectivity index (χ1n) is 6.69. The van der Waals surface area contributed by atoms with E-state index in [1.54, 1.807) is 11.3 Å². The smallest absolute Gasteiger partial charge is 0.199 e. The molecule has 0 saturated carbocycles. The zero-order valence-corrected chi connectivity index (χ0v) is 12.4. The molecule has 0 aliphatic heterocycles. The molecule has 0 unspecified atom stereocenters. The number of fused-ring (bicyclic) bond motifs is 1. The molecule has 3 aromatic rings. The van der Waals surface area contributed by atoms with Crippen LogP contribution in [0.1, 0.15) is 29.4 Å². The van der Waals surface area contributed by atoms with E-state index in [1.165, 1.54) is 0 Å². The largest absolute Gasteiger partial charge is 0.440 e. The maximum Gasteiger partial charge on any atom is 0.199 e. The van der Waals surface area contributed by atoms with E-state index < -0.39 is 0 Å². The summed E-state index contributed by atoms with van der Waals surface area (Å²) in [5, 5.41) is 6.60. The van der Waals surface area contributed by atoms with Gasteiger partial charge in [0.25, 0.3) is 0 Å². The molecule has 1 N–H and O–H groups in total. The van der Waals surface area contributed by atoms with Gasteiger partial charge in [-0.05, 0) is 19.1 Å². The van der Waals surface area contributed by atoms with Gasteiger partial charge in [0.1, 0.15) is 5.52 Å². The summed E-state index contributed by atoms with van der Waals surface area (Å²) in [6, 6.07) is 7.86. The zero-order valence-electron chi connectivity index (χ0n) is 11.6. The molecule has 1 aromatic carbocycles. The number of nitrogens with zero attached hydrogens (tertiary/aromatic N) is 2. The Morgan fingerprint density at radius 3 is 2.90 bits per heavy atom. The summed E-state index contributed by atoms with van der Waals surface area (Å²) in [6.07, 6.45) is 0. The van der Waals surface area contributed by atoms with Crippen molar-refractivity contribution in [1.82, 2.24) is 15.3 Å². The molecule has 0 amide bonds. The summed E-state index contributed by atoms with van der Waals surface area (Å²) < 4.78 is 5.77. The van der Waals surface area contributed by atoms with Gasteiger partial charge < -0.3 is 9.73 Å². The average molecular weight is 287 g/mol. The number of hydrogen-bond donors (Lipinski definition) is 1. The summed E-state index contributed by atoms with van der Waals surface area (Å²) in [4.78, 5) is 8.95. The first-order chi connectivity index (χ1) is 9.72. The molecule has 0 fully saturated rings. The Labute approximate surface area is 121 Å². The number of rotatable bonds is 5. The Balaban J connectivity index is 1.59.